The van der Waals surface area contributed by atoms with Crippen LogP contribution in [0.1, 0.15) is 18.4 Å². The predicted molar refractivity (Wildman–Crippen MR) is 155 cm³/mol. The van der Waals surface area contributed by atoms with E-state index in [-0.39, 0.29) is 47.0 Å². The number of amides is 3. The summed E-state index contributed by atoms with van der Waals surface area (Å²) < 4.78 is 20.4. The van der Waals surface area contributed by atoms with Crippen molar-refractivity contribution in [3.05, 3.63) is 71.3 Å². The number of benzene rings is 2. The van der Waals surface area contributed by atoms with Crippen molar-refractivity contribution in [3.63, 3.8) is 0 Å². The summed E-state index contributed by atoms with van der Waals surface area (Å²) in [6, 6.07) is 12.3. The van der Waals surface area contributed by atoms with Crippen molar-refractivity contribution in [2.24, 2.45) is 0 Å². The fourth-order valence-electron chi connectivity index (χ4n) is 4.13. The van der Waals surface area contributed by atoms with Gasteiger partial charge in [0.05, 0.1) is 6.42 Å². The number of carbonyl (C=O) groups is 2. The first-order chi connectivity index (χ1) is 19.2. The van der Waals surface area contributed by atoms with E-state index in [0.29, 0.717) is 16.3 Å². The van der Waals surface area contributed by atoms with Crippen LogP contribution < -0.4 is 20.7 Å². The van der Waals surface area contributed by atoms with Crippen molar-refractivity contribution in [3.8, 4) is 11.6 Å². The lowest BCUT2D eigenvalue weighted by Crippen LogP contribution is -2.46. The van der Waals surface area contributed by atoms with Gasteiger partial charge in [-0.15, -0.1) is 0 Å². The molecule has 4 rings (SSSR count). The first kappa shape index (κ1) is 29.1. The predicted octanol–water partition coefficient (Wildman–Crippen LogP) is 4.68. The van der Waals surface area contributed by atoms with Crippen LogP contribution >= 0.6 is 23.8 Å². The van der Waals surface area contributed by atoms with Crippen LogP contribution in [0.25, 0.3) is 0 Å². The summed E-state index contributed by atoms with van der Waals surface area (Å²) in [5.74, 6) is -0.879. The van der Waals surface area contributed by atoms with E-state index in [4.69, 9.17) is 28.6 Å². The van der Waals surface area contributed by atoms with Gasteiger partial charge in [-0.2, -0.15) is 0 Å². The highest BCUT2D eigenvalue weighted by molar-refractivity contribution is 7.80. The van der Waals surface area contributed by atoms with Gasteiger partial charge in [-0.3, -0.25) is 10.1 Å². The molecule has 10 nitrogen and oxygen atoms in total. The summed E-state index contributed by atoms with van der Waals surface area (Å²) in [5.41, 5.74) is 0.967. The molecule has 1 aliphatic heterocycles. The average Bonchev–Trinajstić information content (AvgIpc) is 2.91. The highest BCUT2D eigenvalue weighted by atomic mass is 35.5. The van der Waals surface area contributed by atoms with Crippen LogP contribution in [0.3, 0.4) is 0 Å². The molecule has 0 saturated carbocycles. The molecule has 1 fully saturated rings. The van der Waals surface area contributed by atoms with Gasteiger partial charge in [0.25, 0.3) is 0 Å². The van der Waals surface area contributed by atoms with Crippen molar-refractivity contribution >= 4 is 52.4 Å². The van der Waals surface area contributed by atoms with Crippen LogP contribution in [0.2, 0.25) is 5.02 Å². The average molecular weight is 586 g/mol. The van der Waals surface area contributed by atoms with Crippen LogP contribution in [0.15, 0.2) is 54.9 Å². The van der Waals surface area contributed by atoms with E-state index in [1.165, 1.54) is 30.6 Å². The molecule has 1 aliphatic rings. The molecule has 0 unspecified atom stereocenters. The first-order valence-electron chi connectivity index (χ1n) is 12.5. The van der Waals surface area contributed by atoms with Crippen LogP contribution in [0.5, 0.6) is 11.6 Å². The molecular formula is C27H29ClFN7O3S. The summed E-state index contributed by atoms with van der Waals surface area (Å²) in [7, 11) is 3.82. The minimum Gasteiger partial charge on any atom is -0.436 e. The number of anilines is 2. The number of aromatic nitrogens is 2. The van der Waals surface area contributed by atoms with E-state index in [1.54, 1.807) is 36.2 Å². The van der Waals surface area contributed by atoms with Gasteiger partial charge in [0.15, 0.2) is 16.7 Å². The molecule has 0 radical (unpaired) electrons. The quantitative estimate of drug-likeness (QED) is 0.343. The van der Waals surface area contributed by atoms with E-state index in [9.17, 15) is 14.0 Å². The van der Waals surface area contributed by atoms with E-state index in [1.807, 2.05) is 0 Å². The summed E-state index contributed by atoms with van der Waals surface area (Å²) >= 11 is 11.3. The number of likely N-dealkylation sites (tertiary alicyclic amines) is 1. The van der Waals surface area contributed by atoms with Crippen LogP contribution in [0, 0.1) is 5.82 Å². The van der Waals surface area contributed by atoms with Crippen molar-refractivity contribution in [2.45, 2.75) is 25.3 Å². The Kier molecular flexibility index (Phi) is 9.80. The number of piperidine rings is 1. The molecule has 0 bridgehead atoms. The Morgan fingerprint density at radius 1 is 1.15 bits per heavy atom. The number of rotatable bonds is 7. The monoisotopic (exact) mass is 585 g/mol. The maximum absolute atomic E-state index is 14.8. The largest absolute Gasteiger partial charge is 0.436 e. The fourth-order valence-corrected chi connectivity index (χ4v) is 4.57. The van der Waals surface area contributed by atoms with Gasteiger partial charge in [0.1, 0.15) is 12.1 Å². The summed E-state index contributed by atoms with van der Waals surface area (Å²) in [5, 5.41) is 8.53. The van der Waals surface area contributed by atoms with Gasteiger partial charge < -0.3 is 25.2 Å². The Balaban J connectivity index is 1.31. The molecule has 40 heavy (non-hydrogen) atoms. The molecule has 3 N–H and O–H groups in total. The zero-order valence-corrected chi connectivity index (χ0v) is 23.6. The van der Waals surface area contributed by atoms with Crippen LogP contribution in [0.4, 0.5) is 20.7 Å². The van der Waals surface area contributed by atoms with Crippen LogP contribution in [-0.4, -0.2) is 70.0 Å². The highest BCUT2D eigenvalue weighted by Gasteiger charge is 2.24. The zero-order valence-electron chi connectivity index (χ0n) is 22.0. The standard InChI is InChI=1S/C27H29ClFN7O3S/c1-35-11-9-19(10-12-35)36(2)27(38)33-23-15-25(31-16-30-23)39-22-8-7-18(14-21(22)29)32-26(40)34-24(37)13-17-5-3-4-6-20(17)28/h3-8,14-16,19H,9-13H2,1-2H3,(H,30,31,33,38)(H2,32,34,37,40). The van der Waals surface area contributed by atoms with Gasteiger partial charge >= 0.3 is 6.03 Å². The number of hydrogen-bond acceptors (Lipinski definition) is 7. The molecule has 3 amide bonds. The number of hydrogen-bond donors (Lipinski definition) is 3. The van der Waals surface area contributed by atoms with Gasteiger partial charge in [-0.1, -0.05) is 29.8 Å². The Morgan fingerprint density at radius 2 is 1.90 bits per heavy atom. The smallest absolute Gasteiger partial charge is 0.323 e. The van der Waals surface area contributed by atoms with Gasteiger partial charge in [-0.25, -0.2) is 19.2 Å². The molecular weight excluding hydrogens is 557 g/mol. The Hall–Kier alpha value is -3.87. The second-order valence-electron chi connectivity index (χ2n) is 9.33. The van der Waals surface area contributed by atoms with Gasteiger partial charge in [0, 0.05) is 35.9 Å². The van der Waals surface area contributed by atoms with E-state index >= 15 is 0 Å². The van der Waals surface area contributed by atoms with Crippen molar-refractivity contribution in [1.82, 2.24) is 25.1 Å². The molecule has 210 valence electrons. The number of halogens is 2. The zero-order chi connectivity index (χ0) is 28.6. The molecule has 1 aromatic heterocycles. The molecule has 1 saturated heterocycles. The molecule has 0 spiro atoms. The van der Waals surface area contributed by atoms with Crippen molar-refractivity contribution in [2.75, 3.05) is 37.8 Å². The summed E-state index contributed by atoms with van der Waals surface area (Å²) in [6.45, 7) is 1.86. The van der Waals surface area contributed by atoms with E-state index in [2.05, 4.69) is 37.9 Å². The number of thiocarbonyl (C=S) groups is 1. The fraction of sp³-hybridized carbons (Fsp3) is 0.296. The van der Waals surface area contributed by atoms with Gasteiger partial charge in [0.2, 0.25) is 11.8 Å². The highest BCUT2D eigenvalue weighted by Crippen LogP contribution is 2.26. The molecule has 3 aromatic rings. The number of carbonyl (C=O) groups excluding carboxylic acids is 2. The minimum absolute atomic E-state index is 0.00604. The van der Waals surface area contributed by atoms with Crippen molar-refractivity contribution < 1.29 is 18.7 Å². The van der Waals surface area contributed by atoms with Crippen molar-refractivity contribution in [1.29, 1.82) is 0 Å². The second-order valence-corrected chi connectivity index (χ2v) is 10.2. The van der Waals surface area contributed by atoms with Crippen LogP contribution in [-0.2, 0) is 11.2 Å². The topological polar surface area (TPSA) is 112 Å². The number of nitrogens with zero attached hydrogens (tertiary/aromatic N) is 4. The maximum Gasteiger partial charge on any atom is 0.323 e. The lowest BCUT2D eigenvalue weighted by Gasteiger charge is -2.34. The maximum atomic E-state index is 14.8. The summed E-state index contributed by atoms with van der Waals surface area (Å²) in [4.78, 5) is 37.0. The van der Waals surface area contributed by atoms with E-state index in [0.717, 1.165) is 25.9 Å². The molecule has 0 aliphatic carbocycles. The lowest BCUT2D eigenvalue weighted by atomic mass is 10.0. The third kappa shape index (κ3) is 8.07. The number of ether oxygens (including phenoxy) is 1. The lowest BCUT2D eigenvalue weighted by molar-refractivity contribution is -0.119. The third-order valence-corrected chi connectivity index (χ3v) is 6.97. The van der Waals surface area contributed by atoms with Gasteiger partial charge in [-0.05, 0) is 69.0 Å². The number of urea groups is 1. The Morgan fingerprint density at radius 3 is 2.62 bits per heavy atom. The molecule has 2 aromatic carbocycles. The first-order valence-corrected chi connectivity index (χ1v) is 13.3. The molecule has 13 heteroatoms. The number of nitrogens with one attached hydrogen (secondary N) is 3. The second kappa shape index (κ2) is 13.5. The molecule has 2 heterocycles. The summed E-state index contributed by atoms with van der Waals surface area (Å²) in [6.07, 6.45) is 3.04. The normalized spacial score (nSPS) is 13.8. The Bertz CT molecular complexity index is 1390. The molecule has 0 atom stereocenters. The van der Waals surface area contributed by atoms with E-state index < -0.39 is 5.82 Å². The third-order valence-electron chi connectivity index (χ3n) is 6.40. The Labute approximate surface area is 241 Å². The SMILES string of the molecule is CN1CCC(N(C)C(=O)Nc2cc(Oc3ccc(NC(=S)NC(=O)Cc4ccccc4Cl)cc3F)ncn2)CC1. The minimum atomic E-state index is -0.693.